The van der Waals surface area contributed by atoms with Crippen LogP contribution in [0.5, 0.6) is 0 Å². The molecule has 2 aromatic heterocycles. The Morgan fingerprint density at radius 2 is 2.03 bits per heavy atom. The molecule has 0 bridgehead atoms. The molecule has 164 valence electrons. The number of sulfonamides is 1. The van der Waals surface area contributed by atoms with Gasteiger partial charge in [-0.3, -0.25) is 9.29 Å². The SMILES string of the molecule is COC(c1ncc(Cl)cn1)C(C)S(=O)(=O)Nc1nnc([C@H]2CCOC2)n1C1(C)CC1. The third kappa shape index (κ3) is 4.03. The minimum atomic E-state index is -3.89. The van der Waals surface area contributed by atoms with E-state index in [9.17, 15) is 8.42 Å². The largest absolute Gasteiger partial charge is 0.381 e. The molecule has 3 atom stereocenters. The minimum Gasteiger partial charge on any atom is -0.381 e. The van der Waals surface area contributed by atoms with Crippen molar-refractivity contribution in [2.24, 2.45) is 0 Å². The maximum absolute atomic E-state index is 13.2. The van der Waals surface area contributed by atoms with Gasteiger partial charge in [0.05, 0.1) is 11.6 Å². The van der Waals surface area contributed by atoms with Crippen molar-refractivity contribution in [3.63, 3.8) is 0 Å². The molecule has 1 saturated carbocycles. The highest BCUT2D eigenvalue weighted by molar-refractivity contribution is 7.93. The number of rotatable bonds is 8. The maximum Gasteiger partial charge on any atom is 0.240 e. The average Bonchev–Trinajstić information content (AvgIpc) is 3.12. The highest BCUT2D eigenvalue weighted by Crippen LogP contribution is 2.47. The fourth-order valence-corrected chi connectivity index (χ4v) is 4.89. The fraction of sp³-hybridized carbons (Fsp3) is 0.667. The van der Waals surface area contributed by atoms with Crippen LogP contribution in [0.15, 0.2) is 12.4 Å². The molecule has 3 heterocycles. The second kappa shape index (κ2) is 8.03. The highest BCUT2D eigenvalue weighted by Gasteiger charge is 2.45. The third-order valence-electron chi connectivity index (χ3n) is 5.79. The molecule has 0 amide bonds. The summed E-state index contributed by atoms with van der Waals surface area (Å²) in [5.41, 5.74) is -0.192. The number of aromatic nitrogens is 5. The van der Waals surface area contributed by atoms with E-state index in [1.54, 1.807) is 6.92 Å². The molecule has 30 heavy (non-hydrogen) atoms. The molecule has 1 aliphatic carbocycles. The number of anilines is 1. The first kappa shape index (κ1) is 21.4. The van der Waals surface area contributed by atoms with Gasteiger partial charge in [0.1, 0.15) is 17.2 Å². The van der Waals surface area contributed by atoms with Crippen LogP contribution in [0.3, 0.4) is 0 Å². The van der Waals surface area contributed by atoms with E-state index >= 15 is 0 Å². The molecule has 1 saturated heterocycles. The predicted molar refractivity (Wildman–Crippen MR) is 110 cm³/mol. The van der Waals surface area contributed by atoms with Gasteiger partial charge < -0.3 is 9.47 Å². The predicted octanol–water partition coefficient (Wildman–Crippen LogP) is 2.25. The summed E-state index contributed by atoms with van der Waals surface area (Å²) in [6.45, 7) is 4.86. The van der Waals surface area contributed by atoms with Crippen LogP contribution in [0.25, 0.3) is 0 Å². The summed E-state index contributed by atoms with van der Waals surface area (Å²) in [6, 6.07) is 0. The van der Waals surface area contributed by atoms with Crippen molar-refractivity contribution in [3.05, 3.63) is 29.1 Å². The van der Waals surface area contributed by atoms with Crippen molar-refractivity contribution in [2.75, 3.05) is 25.0 Å². The van der Waals surface area contributed by atoms with Crippen LogP contribution in [-0.2, 0) is 25.0 Å². The van der Waals surface area contributed by atoms with E-state index in [4.69, 9.17) is 21.1 Å². The Kier molecular flexibility index (Phi) is 5.73. The molecule has 1 aliphatic heterocycles. The summed E-state index contributed by atoms with van der Waals surface area (Å²) >= 11 is 5.84. The standard InChI is InChI=1S/C18H25ClN6O4S/c1-11(14(28-3)15-20-8-13(19)9-21-15)30(26,27)24-17-23-22-16(12-4-7-29-10-12)25(17)18(2)5-6-18/h8-9,11-12,14H,4-7,10H2,1-3H3,(H,23,24)/t11?,12-,14?/m0/s1. The molecule has 0 radical (unpaired) electrons. The van der Waals surface area contributed by atoms with Crippen LogP contribution >= 0.6 is 11.6 Å². The average molecular weight is 457 g/mol. The van der Waals surface area contributed by atoms with Gasteiger partial charge in [0.2, 0.25) is 16.0 Å². The van der Waals surface area contributed by atoms with Crippen LogP contribution < -0.4 is 4.72 Å². The lowest BCUT2D eigenvalue weighted by atomic mass is 10.1. The lowest BCUT2D eigenvalue weighted by Crippen LogP contribution is -2.34. The van der Waals surface area contributed by atoms with Crippen LogP contribution in [0.1, 0.15) is 56.8 Å². The van der Waals surface area contributed by atoms with Crippen molar-refractivity contribution >= 4 is 27.6 Å². The zero-order valence-corrected chi connectivity index (χ0v) is 18.6. The van der Waals surface area contributed by atoms with Gasteiger partial charge in [-0.1, -0.05) is 11.6 Å². The van der Waals surface area contributed by atoms with Crippen molar-refractivity contribution in [2.45, 2.75) is 55.9 Å². The van der Waals surface area contributed by atoms with Gasteiger partial charge in [-0.05, 0) is 33.1 Å². The van der Waals surface area contributed by atoms with Crippen molar-refractivity contribution in [1.29, 1.82) is 0 Å². The molecule has 10 nitrogen and oxygen atoms in total. The van der Waals surface area contributed by atoms with E-state index in [0.717, 1.165) is 25.1 Å². The molecule has 1 N–H and O–H groups in total. The van der Waals surface area contributed by atoms with Gasteiger partial charge in [-0.2, -0.15) is 0 Å². The molecule has 4 rings (SSSR count). The van der Waals surface area contributed by atoms with E-state index in [1.807, 2.05) is 4.57 Å². The Bertz CT molecular complexity index is 1000. The van der Waals surface area contributed by atoms with E-state index < -0.39 is 21.4 Å². The van der Waals surface area contributed by atoms with Gasteiger partial charge in [-0.25, -0.2) is 18.4 Å². The van der Waals surface area contributed by atoms with Gasteiger partial charge in [0, 0.05) is 37.6 Å². The second-order valence-electron chi connectivity index (χ2n) is 8.04. The van der Waals surface area contributed by atoms with E-state index in [1.165, 1.54) is 19.5 Å². The topological polar surface area (TPSA) is 121 Å². The minimum absolute atomic E-state index is 0.111. The van der Waals surface area contributed by atoms with Crippen LogP contribution in [0, 0.1) is 0 Å². The smallest absolute Gasteiger partial charge is 0.240 e. The molecule has 2 aliphatic rings. The Hall–Kier alpha value is -1.82. The van der Waals surface area contributed by atoms with Crippen molar-refractivity contribution in [1.82, 2.24) is 24.7 Å². The lowest BCUT2D eigenvalue weighted by molar-refractivity contribution is 0.0950. The monoisotopic (exact) mass is 456 g/mol. The Morgan fingerprint density at radius 1 is 1.33 bits per heavy atom. The Labute approximate surface area is 180 Å². The maximum atomic E-state index is 13.2. The van der Waals surface area contributed by atoms with E-state index in [0.29, 0.717) is 18.2 Å². The van der Waals surface area contributed by atoms with Crippen molar-refractivity contribution < 1.29 is 17.9 Å². The first-order chi connectivity index (χ1) is 14.2. The summed E-state index contributed by atoms with van der Waals surface area (Å²) < 4.78 is 41.8. The summed E-state index contributed by atoms with van der Waals surface area (Å²) in [4.78, 5) is 8.21. The van der Waals surface area contributed by atoms with Crippen LogP contribution in [0.2, 0.25) is 5.02 Å². The Balaban J connectivity index is 1.62. The van der Waals surface area contributed by atoms with E-state index in [2.05, 4.69) is 31.8 Å². The molecular weight excluding hydrogens is 432 g/mol. The first-order valence-corrected chi connectivity index (χ1v) is 11.7. The number of nitrogens with one attached hydrogen (secondary N) is 1. The molecule has 0 spiro atoms. The van der Waals surface area contributed by atoms with E-state index in [-0.39, 0.29) is 23.2 Å². The summed E-state index contributed by atoms with van der Waals surface area (Å²) in [6.07, 6.45) is 4.66. The quantitative estimate of drug-likeness (QED) is 0.641. The number of methoxy groups -OCH3 is 1. The normalized spacial score (nSPS) is 22.6. The number of halogens is 1. The third-order valence-corrected chi connectivity index (χ3v) is 7.68. The second-order valence-corrected chi connectivity index (χ2v) is 10.5. The first-order valence-electron chi connectivity index (χ1n) is 9.80. The van der Waals surface area contributed by atoms with Gasteiger partial charge >= 0.3 is 0 Å². The number of ether oxygens (including phenoxy) is 2. The molecule has 2 aromatic rings. The molecule has 2 fully saturated rings. The summed E-state index contributed by atoms with van der Waals surface area (Å²) in [7, 11) is -2.47. The fourth-order valence-electron chi connectivity index (χ4n) is 3.66. The summed E-state index contributed by atoms with van der Waals surface area (Å²) in [5, 5.41) is 7.87. The lowest BCUT2D eigenvalue weighted by Gasteiger charge is -2.23. The molecular formula is C18H25ClN6O4S. The number of nitrogens with zero attached hydrogens (tertiary/aromatic N) is 5. The van der Waals surface area contributed by atoms with Gasteiger partial charge in [0.25, 0.3) is 0 Å². The number of hydrogen-bond acceptors (Lipinski definition) is 8. The molecule has 12 heteroatoms. The zero-order chi connectivity index (χ0) is 21.5. The molecule has 2 unspecified atom stereocenters. The highest BCUT2D eigenvalue weighted by atomic mass is 35.5. The zero-order valence-electron chi connectivity index (χ0n) is 17.1. The van der Waals surface area contributed by atoms with Gasteiger partial charge in [-0.15, -0.1) is 10.2 Å². The molecule has 0 aromatic carbocycles. The van der Waals surface area contributed by atoms with Gasteiger partial charge in [0.15, 0.2) is 5.82 Å². The Morgan fingerprint density at radius 3 is 2.60 bits per heavy atom. The number of hydrogen-bond donors (Lipinski definition) is 1. The van der Waals surface area contributed by atoms with Crippen molar-refractivity contribution in [3.8, 4) is 0 Å². The van der Waals surface area contributed by atoms with Crippen LogP contribution in [0.4, 0.5) is 5.95 Å². The van der Waals surface area contributed by atoms with Crippen LogP contribution in [-0.4, -0.2) is 58.7 Å². The summed E-state index contributed by atoms with van der Waals surface area (Å²) in [5.74, 6) is 1.33.